The van der Waals surface area contributed by atoms with E-state index in [0.717, 1.165) is 0 Å². The Hall–Kier alpha value is -3.03. The van der Waals surface area contributed by atoms with Crippen LogP contribution in [0.15, 0.2) is 36.8 Å². The number of nitro benzene ring substituents is 1. The quantitative estimate of drug-likeness (QED) is 0.647. The molecular weight excluding hydrogens is 262 g/mol. The van der Waals surface area contributed by atoms with Crippen molar-refractivity contribution < 1.29 is 9.72 Å². The van der Waals surface area contributed by atoms with Crippen LogP contribution in [0.3, 0.4) is 0 Å². The second-order valence-electron chi connectivity index (χ2n) is 3.75. The molecule has 8 nitrogen and oxygen atoms in total. The van der Waals surface area contributed by atoms with E-state index in [0.29, 0.717) is 0 Å². The monoisotopic (exact) mass is 273 g/mol. The number of nitro groups is 1. The lowest BCUT2D eigenvalue weighted by Gasteiger charge is -2.09. The number of hydrogen-bond acceptors (Lipinski definition) is 6. The SMILES string of the molecule is CNc1c(C(=O)Nc2cnccn2)cccc1[N+](=O)[O-]. The number of carbonyl (C=O) groups is 1. The van der Waals surface area contributed by atoms with Gasteiger partial charge in [0.05, 0.1) is 16.7 Å². The number of rotatable bonds is 4. The third-order valence-electron chi connectivity index (χ3n) is 2.54. The normalized spacial score (nSPS) is 9.85. The van der Waals surface area contributed by atoms with Crippen molar-refractivity contribution in [2.45, 2.75) is 0 Å². The lowest BCUT2D eigenvalue weighted by atomic mass is 10.1. The van der Waals surface area contributed by atoms with E-state index in [1.54, 1.807) is 0 Å². The van der Waals surface area contributed by atoms with E-state index < -0.39 is 10.8 Å². The third-order valence-corrected chi connectivity index (χ3v) is 2.54. The van der Waals surface area contributed by atoms with Crippen LogP contribution in [0.2, 0.25) is 0 Å². The highest BCUT2D eigenvalue weighted by Crippen LogP contribution is 2.28. The van der Waals surface area contributed by atoms with Gasteiger partial charge in [-0.15, -0.1) is 0 Å². The standard InChI is InChI=1S/C12H11N5O3/c1-13-11-8(3-2-4-9(11)17(19)20)12(18)16-10-7-14-5-6-15-10/h2-7,13H,1H3,(H,15,16,18). The van der Waals surface area contributed by atoms with Crippen molar-refractivity contribution in [1.29, 1.82) is 0 Å². The number of aromatic nitrogens is 2. The summed E-state index contributed by atoms with van der Waals surface area (Å²) in [5.41, 5.74) is 0.144. The molecule has 0 radical (unpaired) electrons. The van der Waals surface area contributed by atoms with Crippen molar-refractivity contribution in [3.8, 4) is 0 Å². The first-order chi connectivity index (χ1) is 9.63. The van der Waals surface area contributed by atoms with E-state index in [-0.39, 0.29) is 22.8 Å². The van der Waals surface area contributed by atoms with E-state index in [4.69, 9.17) is 0 Å². The topological polar surface area (TPSA) is 110 Å². The van der Waals surface area contributed by atoms with E-state index in [1.807, 2.05) is 0 Å². The fourth-order valence-electron chi connectivity index (χ4n) is 1.69. The zero-order valence-electron chi connectivity index (χ0n) is 10.5. The van der Waals surface area contributed by atoms with Crippen molar-refractivity contribution >= 4 is 23.1 Å². The highest BCUT2D eigenvalue weighted by atomic mass is 16.6. The minimum Gasteiger partial charge on any atom is -0.382 e. The molecule has 0 unspecified atom stereocenters. The molecule has 0 saturated heterocycles. The minimum absolute atomic E-state index is 0.152. The van der Waals surface area contributed by atoms with Crippen LogP contribution in [0, 0.1) is 10.1 Å². The van der Waals surface area contributed by atoms with Crippen molar-refractivity contribution in [3.05, 3.63) is 52.5 Å². The second-order valence-corrected chi connectivity index (χ2v) is 3.75. The summed E-state index contributed by atoms with van der Waals surface area (Å²) in [5, 5.41) is 16.1. The molecule has 1 heterocycles. The van der Waals surface area contributed by atoms with Crippen LogP contribution in [0.25, 0.3) is 0 Å². The maximum atomic E-state index is 12.1. The van der Waals surface area contributed by atoms with E-state index >= 15 is 0 Å². The molecule has 8 heteroatoms. The van der Waals surface area contributed by atoms with Gasteiger partial charge in [-0.05, 0) is 6.07 Å². The Morgan fingerprint density at radius 2 is 2.15 bits per heavy atom. The predicted molar refractivity (Wildman–Crippen MR) is 72.6 cm³/mol. The number of nitrogens with zero attached hydrogens (tertiary/aromatic N) is 3. The zero-order valence-corrected chi connectivity index (χ0v) is 10.5. The van der Waals surface area contributed by atoms with Gasteiger partial charge in [-0.25, -0.2) is 4.98 Å². The average molecular weight is 273 g/mol. The fourth-order valence-corrected chi connectivity index (χ4v) is 1.69. The van der Waals surface area contributed by atoms with Crippen molar-refractivity contribution in [3.63, 3.8) is 0 Å². The molecule has 2 N–H and O–H groups in total. The van der Waals surface area contributed by atoms with Crippen LogP contribution in [0.4, 0.5) is 17.2 Å². The van der Waals surface area contributed by atoms with Gasteiger partial charge >= 0.3 is 0 Å². The molecule has 0 fully saturated rings. The van der Waals surface area contributed by atoms with Gasteiger partial charge in [-0.3, -0.25) is 19.9 Å². The zero-order chi connectivity index (χ0) is 14.5. The van der Waals surface area contributed by atoms with Gasteiger partial charge in [-0.1, -0.05) is 6.07 Å². The molecule has 0 spiro atoms. The van der Waals surface area contributed by atoms with Crippen LogP contribution < -0.4 is 10.6 Å². The Labute approximate surface area is 114 Å². The molecule has 2 aromatic rings. The first-order valence-electron chi connectivity index (χ1n) is 5.66. The molecular formula is C12H11N5O3. The predicted octanol–water partition coefficient (Wildman–Crippen LogP) is 1.68. The summed E-state index contributed by atoms with van der Waals surface area (Å²) in [5.74, 6) is -0.232. The molecule has 0 aliphatic rings. The number of carbonyl (C=O) groups excluding carboxylic acids is 1. The van der Waals surface area contributed by atoms with Crippen molar-refractivity contribution in [2.24, 2.45) is 0 Å². The number of amides is 1. The maximum Gasteiger partial charge on any atom is 0.293 e. The molecule has 0 saturated carbocycles. The van der Waals surface area contributed by atoms with Crippen molar-refractivity contribution in [1.82, 2.24) is 9.97 Å². The third kappa shape index (κ3) is 2.69. The molecule has 20 heavy (non-hydrogen) atoms. The summed E-state index contributed by atoms with van der Waals surface area (Å²) < 4.78 is 0. The summed E-state index contributed by atoms with van der Waals surface area (Å²) >= 11 is 0. The smallest absolute Gasteiger partial charge is 0.293 e. The summed E-state index contributed by atoms with van der Waals surface area (Å²) in [6.07, 6.45) is 4.29. The highest BCUT2D eigenvalue weighted by molar-refractivity contribution is 6.08. The molecule has 1 aromatic carbocycles. The summed E-state index contributed by atoms with van der Waals surface area (Å²) in [6.45, 7) is 0. The fraction of sp³-hybridized carbons (Fsp3) is 0.0833. The highest BCUT2D eigenvalue weighted by Gasteiger charge is 2.20. The molecule has 0 atom stereocenters. The number of hydrogen-bond donors (Lipinski definition) is 2. The molecule has 0 aliphatic carbocycles. The van der Waals surface area contributed by atoms with Crippen LogP contribution in [-0.2, 0) is 0 Å². The Balaban J connectivity index is 2.35. The Bertz CT molecular complexity index is 645. The van der Waals surface area contributed by atoms with Gasteiger partial charge in [0.25, 0.3) is 11.6 Å². The summed E-state index contributed by atoms with van der Waals surface area (Å²) in [4.78, 5) is 30.2. The first kappa shape index (κ1) is 13.4. The number of para-hydroxylation sites is 1. The lowest BCUT2D eigenvalue weighted by Crippen LogP contribution is -2.15. The Kier molecular flexibility index (Phi) is 3.85. The number of anilines is 2. The van der Waals surface area contributed by atoms with Gasteiger partial charge in [0.15, 0.2) is 5.82 Å². The van der Waals surface area contributed by atoms with E-state index in [9.17, 15) is 14.9 Å². The molecule has 1 amide bonds. The summed E-state index contributed by atoms with van der Waals surface area (Å²) in [6, 6.07) is 4.26. The van der Waals surface area contributed by atoms with Gasteiger partial charge in [0.1, 0.15) is 5.69 Å². The minimum atomic E-state index is -0.551. The Morgan fingerprint density at radius 1 is 1.35 bits per heavy atom. The van der Waals surface area contributed by atoms with Crippen molar-refractivity contribution in [2.75, 3.05) is 17.7 Å². The van der Waals surface area contributed by atoms with Crippen LogP contribution in [0.5, 0.6) is 0 Å². The van der Waals surface area contributed by atoms with Gasteiger partial charge in [0.2, 0.25) is 0 Å². The molecule has 0 aliphatic heterocycles. The molecule has 2 rings (SSSR count). The lowest BCUT2D eigenvalue weighted by molar-refractivity contribution is -0.384. The first-order valence-corrected chi connectivity index (χ1v) is 5.66. The number of benzene rings is 1. The van der Waals surface area contributed by atoms with E-state index in [1.165, 1.54) is 43.8 Å². The molecule has 0 bridgehead atoms. The van der Waals surface area contributed by atoms with Crippen LogP contribution >= 0.6 is 0 Å². The largest absolute Gasteiger partial charge is 0.382 e. The number of nitrogens with one attached hydrogen (secondary N) is 2. The van der Waals surface area contributed by atoms with Gasteiger partial charge < -0.3 is 10.6 Å². The Morgan fingerprint density at radius 3 is 2.75 bits per heavy atom. The van der Waals surface area contributed by atoms with Crippen LogP contribution in [0.1, 0.15) is 10.4 Å². The average Bonchev–Trinajstić information content (AvgIpc) is 2.47. The van der Waals surface area contributed by atoms with Gasteiger partial charge in [-0.2, -0.15) is 0 Å². The van der Waals surface area contributed by atoms with Crippen LogP contribution in [-0.4, -0.2) is 27.8 Å². The summed E-state index contributed by atoms with van der Waals surface area (Å²) in [7, 11) is 1.52. The molecule has 1 aromatic heterocycles. The molecule has 102 valence electrons. The van der Waals surface area contributed by atoms with Gasteiger partial charge in [0, 0.05) is 25.5 Å². The maximum absolute atomic E-state index is 12.1. The van der Waals surface area contributed by atoms with E-state index in [2.05, 4.69) is 20.6 Å². The second kappa shape index (κ2) is 5.74.